The molecule has 0 aliphatic rings. The number of rotatable bonds is 5. The van der Waals surface area contributed by atoms with Gasteiger partial charge in [0.05, 0.1) is 0 Å². The van der Waals surface area contributed by atoms with Gasteiger partial charge >= 0.3 is 0 Å². The van der Waals surface area contributed by atoms with Crippen molar-refractivity contribution in [2.24, 2.45) is 5.73 Å². The van der Waals surface area contributed by atoms with Crippen LogP contribution in [0.5, 0.6) is 0 Å². The van der Waals surface area contributed by atoms with Gasteiger partial charge < -0.3 is 11.1 Å². The predicted octanol–water partition coefficient (Wildman–Crippen LogP) is 2.55. The average Bonchev–Trinajstić information content (AvgIpc) is 2.20. The van der Waals surface area contributed by atoms with E-state index in [2.05, 4.69) is 56.9 Å². The Hall–Kier alpha value is -1.28. The van der Waals surface area contributed by atoms with E-state index in [1.54, 1.807) is 0 Å². The number of benzene rings is 1. The Bertz CT molecular complexity index is 338. The molecule has 0 amide bonds. The zero-order chi connectivity index (χ0) is 12.1. The first-order valence-electron chi connectivity index (χ1n) is 5.75. The number of hydrogen-bond donors (Lipinski definition) is 2. The van der Waals surface area contributed by atoms with Crippen molar-refractivity contribution >= 4 is 0 Å². The summed E-state index contributed by atoms with van der Waals surface area (Å²) in [5.41, 5.74) is 9.07. The highest BCUT2D eigenvalue weighted by molar-refractivity contribution is 5.29. The minimum atomic E-state index is 0.197. The molecular formula is C14H22N2. The molecule has 88 valence electrons. The van der Waals surface area contributed by atoms with Gasteiger partial charge in [-0.15, -0.1) is 0 Å². The number of hydrogen-bond acceptors (Lipinski definition) is 2. The number of nitrogens with one attached hydrogen (secondary N) is 1. The van der Waals surface area contributed by atoms with Crippen molar-refractivity contribution in [3.8, 4) is 0 Å². The summed E-state index contributed by atoms with van der Waals surface area (Å²) in [6, 6.07) is 8.94. The molecule has 0 heterocycles. The highest BCUT2D eigenvalue weighted by atomic mass is 14.9. The summed E-state index contributed by atoms with van der Waals surface area (Å²) in [5.74, 6) is 0.197. The van der Waals surface area contributed by atoms with E-state index >= 15 is 0 Å². The van der Waals surface area contributed by atoms with Gasteiger partial charge in [0.15, 0.2) is 0 Å². The smallest absolute Gasteiger partial charge is 0.0354 e. The Morgan fingerprint density at radius 1 is 1.31 bits per heavy atom. The van der Waals surface area contributed by atoms with Crippen LogP contribution in [0.15, 0.2) is 36.5 Å². The van der Waals surface area contributed by atoms with E-state index in [0.717, 1.165) is 12.2 Å². The van der Waals surface area contributed by atoms with E-state index in [1.165, 1.54) is 11.1 Å². The first kappa shape index (κ1) is 12.8. The fourth-order valence-corrected chi connectivity index (χ4v) is 1.62. The van der Waals surface area contributed by atoms with Gasteiger partial charge in [0.25, 0.3) is 0 Å². The van der Waals surface area contributed by atoms with Crippen molar-refractivity contribution in [2.75, 3.05) is 6.54 Å². The first-order valence-corrected chi connectivity index (χ1v) is 5.75. The van der Waals surface area contributed by atoms with E-state index in [0.29, 0.717) is 6.04 Å². The maximum Gasteiger partial charge on any atom is 0.0354 e. The van der Waals surface area contributed by atoms with Gasteiger partial charge in [-0.1, -0.05) is 50.3 Å². The van der Waals surface area contributed by atoms with Gasteiger partial charge in [-0.05, 0) is 12.5 Å². The molecule has 0 radical (unpaired) electrons. The molecule has 0 aliphatic heterocycles. The van der Waals surface area contributed by atoms with Crippen LogP contribution in [0.25, 0.3) is 0 Å². The third-order valence-corrected chi connectivity index (χ3v) is 2.66. The van der Waals surface area contributed by atoms with Crippen molar-refractivity contribution in [3.05, 3.63) is 47.7 Å². The molecule has 0 aromatic heterocycles. The Balaban J connectivity index is 2.77. The van der Waals surface area contributed by atoms with E-state index in [4.69, 9.17) is 5.73 Å². The van der Waals surface area contributed by atoms with Crippen LogP contribution < -0.4 is 11.1 Å². The van der Waals surface area contributed by atoms with Crippen molar-refractivity contribution in [1.29, 1.82) is 0 Å². The molecule has 0 fully saturated rings. The van der Waals surface area contributed by atoms with E-state index in [-0.39, 0.29) is 5.92 Å². The summed E-state index contributed by atoms with van der Waals surface area (Å²) < 4.78 is 0. The van der Waals surface area contributed by atoms with Crippen molar-refractivity contribution in [1.82, 2.24) is 5.32 Å². The molecule has 1 rings (SSSR count). The van der Waals surface area contributed by atoms with Crippen LogP contribution in [-0.4, -0.2) is 12.6 Å². The highest BCUT2D eigenvalue weighted by Gasteiger charge is 2.12. The molecular weight excluding hydrogens is 196 g/mol. The molecule has 0 spiro atoms. The zero-order valence-corrected chi connectivity index (χ0v) is 10.5. The summed E-state index contributed by atoms with van der Waals surface area (Å²) in [5, 5.41) is 3.40. The molecule has 2 heteroatoms. The topological polar surface area (TPSA) is 38.0 Å². The van der Waals surface area contributed by atoms with Crippen LogP contribution in [0.1, 0.15) is 30.9 Å². The van der Waals surface area contributed by atoms with Gasteiger partial charge in [0, 0.05) is 24.2 Å². The van der Waals surface area contributed by atoms with Crippen molar-refractivity contribution in [3.63, 3.8) is 0 Å². The highest BCUT2D eigenvalue weighted by Crippen LogP contribution is 2.20. The SMILES string of the molecule is C=C(N)C(CNC(C)C)c1ccc(C)cc1. The van der Waals surface area contributed by atoms with Gasteiger partial charge in [0.1, 0.15) is 0 Å². The largest absolute Gasteiger partial charge is 0.402 e. The molecule has 0 bridgehead atoms. The normalized spacial score (nSPS) is 12.8. The van der Waals surface area contributed by atoms with Gasteiger partial charge in [0.2, 0.25) is 0 Å². The lowest BCUT2D eigenvalue weighted by atomic mass is 9.95. The second-order valence-electron chi connectivity index (χ2n) is 4.60. The number of aryl methyl sites for hydroxylation is 1. The van der Waals surface area contributed by atoms with E-state index in [9.17, 15) is 0 Å². The molecule has 1 unspecified atom stereocenters. The Morgan fingerprint density at radius 3 is 2.31 bits per heavy atom. The molecule has 3 N–H and O–H groups in total. The fourth-order valence-electron chi connectivity index (χ4n) is 1.62. The quantitative estimate of drug-likeness (QED) is 0.797. The van der Waals surface area contributed by atoms with Crippen molar-refractivity contribution in [2.45, 2.75) is 32.7 Å². The third kappa shape index (κ3) is 3.70. The lowest BCUT2D eigenvalue weighted by molar-refractivity contribution is 0.556. The number of nitrogens with two attached hydrogens (primary N) is 1. The van der Waals surface area contributed by atoms with Crippen LogP contribution in [-0.2, 0) is 0 Å². The first-order chi connectivity index (χ1) is 7.50. The predicted molar refractivity (Wildman–Crippen MR) is 70.4 cm³/mol. The Kier molecular flexibility index (Phi) is 4.56. The summed E-state index contributed by atoms with van der Waals surface area (Å²) in [6.45, 7) is 11.1. The summed E-state index contributed by atoms with van der Waals surface area (Å²) in [4.78, 5) is 0. The summed E-state index contributed by atoms with van der Waals surface area (Å²) in [7, 11) is 0. The van der Waals surface area contributed by atoms with E-state index in [1.807, 2.05) is 0 Å². The minimum Gasteiger partial charge on any atom is -0.402 e. The fraction of sp³-hybridized carbons (Fsp3) is 0.429. The third-order valence-electron chi connectivity index (χ3n) is 2.66. The molecule has 1 aromatic rings. The van der Waals surface area contributed by atoms with Crippen LogP contribution >= 0.6 is 0 Å². The van der Waals surface area contributed by atoms with Crippen molar-refractivity contribution < 1.29 is 0 Å². The Morgan fingerprint density at radius 2 is 1.88 bits per heavy atom. The lowest BCUT2D eigenvalue weighted by Crippen LogP contribution is -2.30. The minimum absolute atomic E-state index is 0.197. The van der Waals surface area contributed by atoms with Crippen LogP contribution in [0.3, 0.4) is 0 Å². The molecule has 16 heavy (non-hydrogen) atoms. The maximum absolute atomic E-state index is 5.86. The monoisotopic (exact) mass is 218 g/mol. The van der Waals surface area contributed by atoms with Crippen LogP contribution in [0.2, 0.25) is 0 Å². The van der Waals surface area contributed by atoms with Gasteiger partial charge in [-0.3, -0.25) is 0 Å². The van der Waals surface area contributed by atoms with Gasteiger partial charge in [-0.25, -0.2) is 0 Å². The molecule has 0 saturated heterocycles. The second-order valence-corrected chi connectivity index (χ2v) is 4.60. The lowest BCUT2D eigenvalue weighted by Gasteiger charge is -2.19. The molecule has 0 aliphatic carbocycles. The summed E-state index contributed by atoms with van der Waals surface area (Å²) in [6.07, 6.45) is 0. The van der Waals surface area contributed by atoms with Gasteiger partial charge in [-0.2, -0.15) is 0 Å². The second kappa shape index (κ2) is 5.71. The summed E-state index contributed by atoms with van der Waals surface area (Å²) >= 11 is 0. The van der Waals surface area contributed by atoms with E-state index < -0.39 is 0 Å². The maximum atomic E-state index is 5.86. The average molecular weight is 218 g/mol. The molecule has 1 aromatic carbocycles. The standard InChI is InChI=1S/C14H22N2/c1-10(2)16-9-14(12(4)15)13-7-5-11(3)6-8-13/h5-8,10,14,16H,4,9,15H2,1-3H3. The molecule has 0 saturated carbocycles. The molecule has 1 atom stereocenters. The molecule has 2 nitrogen and oxygen atoms in total. The zero-order valence-electron chi connectivity index (χ0n) is 10.5. The Labute approximate surface area is 98.6 Å². The van der Waals surface area contributed by atoms with Crippen LogP contribution in [0.4, 0.5) is 0 Å². The van der Waals surface area contributed by atoms with Crippen LogP contribution in [0, 0.1) is 6.92 Å².